The van der Waals surface area contributed by atoms with Crippen LogP contribution in [0.2, 0.25) is 0 Å². The van der Waals surface area contributed by atoms with Crippen LogP contribution in [0, 0.1) is 11.3 Å². The number of hydrogen-bond donors (Lipinski definition) is 0. The lowest BCUT2D eigenvalue weighted by atomic mass is 9.76. The van der Waals surface area contributed by atoms with Crippen LogP contribution in [0.5, 0.6) is 0 Å². The van der Waals surface area contributed by atoms with Crippen LogP contribution in [0.25, 0.3) is 0 Å². The van der Waals surface area contributed by atoms with Crippen LogP contribution in [0.3, 0.4) is 0 Å². The molecule has 0 unspecified atom stereocenters. The third kappa shape index (κ3) is 4.19. The van der Waals surface area contributed by atoms with Crippen molar-refractivity contribution >= 4 is 0 Å². The van der Waals surface area contributed by atoms with E-state index in [0.717, 1.165) is 39.0 Å². The summed E-state index contributed by atoms with van der Waals surface area (Å²) in [5.74, 6) is 0.860. The largest absolute Gasteiger partial charge is 0.381 e. The second-order valence-corrected chi connectivity index (χ2v) is 7.15. The standard InChI is InChI=1S/C17H31NO3/c1-2-19-13-16-11-17(14-21-16)5-7-18(8-6-17)12-15-3-9-20-10-4-15/h15-16H,2-14H2,1H3/t16-/m1/s1. The molecule has 21 heavy (non-hydrogen) atoms. The Balaban J connectivity index is 1.40. The van der Waals surface area contributed by atoms with Crippen LogP contribution in [-0.2, 0) is 14.2 Å². The van der Waals surface area contributed by atoms with E-state index in [1.807, 2.05) is 0 Å². The third-order valence-electron chi connectivity index (χ3n) is 5.57. The van der Waals surface area contributed by atoms with Gasteiger partial charge in [0, 0.05) is 26.4 Å². The Morgan fingerprint density at radius 1 is 1.19 bits per heavy atom. The van der Waals surface area contributed by atoms with Crippen LogP contribution in [0.4, 0.5) is 0 Å². The number of ether oxygens (including phenoxy) is 3. The smallest absolute Gasteiger partial charge is 0.0814 e. The van der Waals surface area contributed by atoms with Crippen LogP contribution in [0.1, 0.15) is 39.0 Å². The van der Waals surface area contributed by atoms with Crippen LogP contribution in [0.15, 0.2) is 0 Å². The van der Waals surface area contributed by atoms with Gasteiger partial charge in [-0.05, 0) is 63.5 Å². The minimum Gasteiger partial charge on any atom is -0.381 e. The van der Waals surface area contributed by atoms with E-state index in [2.05, 4.69) is 11.8 Å². The second-order valence-electron chi connectivity index (χ2n) is 7.15. The topological polar surface area (TPSA) is 30.9 Å². The maximum Gasteiger partial charge on any atom is 0.0814 e. The van der Waals surface area contributed by atoms with Crippen LogP contribution >= 0.6 is 0 Å². The summed E-state index contributed by atoms with van der Waals surface area (Å²) in [7, 11) is 0. The van der Waals surface area contributed by atoms with Crippen molar-refractivity contribution in [3.05, 3.63) is 0 Å². The van der Waals surface area contributed by atoms with Gasteiger partial charge in [-0.3, -0.25) is 0 Å². The van der Waals surface area contributed by atoms with Crippen molar-refractivity contribution < 1.29 is 14.2 Å². The Labute approximate surface area is 129 Å². The molecule has 0 aromatic heterocycles. The van der Waals surface area contributed by atoms with Gasteiger partial charge in [-0.1, -0.05) is 0 Å². The molecule has 0 amide bonds. The molecule has 3 fully saturated rings. The van der Waals surface area contributed by atoms with Crippen molar-refractivity contribution in [3.63, 3.8) is 0 Å². The monoisotopic (exact) mass is 297 g/mol. The normalized spacial score (nSPS) is 31.0. The molecule has 3 saturated heterocycles. The predicted octanol–water partition coefficient (Wildman–Crippen LogP) is 2.32. The van der Waals surface area contributed by atoms with E-state index in [0.29, 0.717) is 11.5 Å². The Morgan fingerprint density at radius 2 is 1.95 bits per heavy atom. The van der Waals surface area contributed by atoms with Crippen molar-refractivity contribution in [1.82, 2.24) is 4.90 Å². The molecule has 4 nitrogen and oxygen atoms in total. The van der Waals surface area contributed by atoms with Crippen molar-refractivity contribution in [2.45, 2.75) is 45.1 Å². The summed E-state index contributed by atoms with van der Waals surface area (Å²) in [5, 5.41) is 0. The Bertz CT molecular complexity index is 309. The zero-order valence-electron chi connectivity index (χ0n) is 13.5. The molecule has 3 heterocycles. The molecule has 3 aliphatic heterocycles. The van der Waals surface area contributed by atoms with Crippen LogP contribution < -0.4 is 0 Å². The molecule has 0 aromatic rings. The Morgan fingerprint density at radius 3 is 2.67 bits per heavy atom. The van der Waals surface area contributed by atoms with Crippen molar-refractivity contribution in [1.29, 1.82) is 0 Å². The van der Waals surface area contributed by atoms with Gasteiger partial charge in [0.2, 0.25) is 0 Å². The van der Waals surface area contributed by atoms with E-state index in [4.69, 9.17) is 14.2 Å². The predicted molar refractivity (Wildman–Crippen MR) is 82.5 cm³/mol. The highest BCUT2D eigenvalue weighted by Crippen LogP contribution is 2.42. The van der Waals surface area contributed by atoms with Crippen molar-refractivity contribution in [2.24, 2.45) is 11.3 Å². The minimum atomic E-state index is 0.340. The second kappa shape index (κ2) is 7.40. The molecular weight excluding hydrogens is 266 g/mol. The molecule has 4 heteroatoms. The maximum absolute atomic E-state index is 5.97. The first-order chi connectivity index (χ1) is 10.3. The Hall–Kier alpha value is -0.160. The van der Waals surface area contributed by atoms with Gasteiger partial charge >= 0.3 is 0 Å². The van der Waals surface area contributed by atoms with E-state index in [-0.39, 0.29) is 0 Å². The first-order valence-corrected chi connectivity index (χ1v) is 8.79. The van der Waals surface area contributed by atoms with Gasteiger partial charge in [-0.15, -0.1) is 0 Å². The number of hydrogen-bond acceptors (Lipinski definition) is 4. The minimum absolute atomic E-state index is 0.340. The summed E-state index contributed by atoms with van der Waals surface area (Å²) in [6.45, 7) is 10.3. The zero-order valence-corrected chi connectivity index (χ0v) is 13.5. The molecular formula is C17H31NO3. The summed E-state index contributed by atoms with van der Waals surface area (Å²) in [4.78, 5) is 2.68. The molecule has 122 valence electrons. The van der Waals surface area contributed by atoms with Gasteiger partial charge in [0.25, 0.3) is 0 Å². The molecule has 0 saturated carbocycles. The maximum atomic E-state index is 5.97. The van der Waals surface area contributed by atoms with Crippen LogP contribution in [-0.4, -0.2) is 63.7 Å². The SMILES string of the molecule is CCOC[C@H]1CC2(CCN(CC3CCOCC3)CC2)CO1. The summed E-state index contributed by atoms with van der Waals surface area (Å²) >= 11 is 0. The highest BCUT2D eigenvalue weighted by molar-refractivity contribution is 4.92. The highest BCUT2D eigenvalue weighted by atomic mass is 16.5. The fraction of sp³-hybridized carbons (Fsp3) is 1.00. The summed E-state index contributed by atoms with van der Waals surface area (Å²) in [5.41, 5.74) is 0.452. The van der Waals surface area contributed by atoms with E-state index in [1.165, 1.54) is 51.7 Å². The molecule has 0 bridgehead atoms. The lowest BCUT2D eigenvalue weighted by molar-refractivity contribution is 0.0135. The average molecular weight is 297 g/mol. The first-order valence-electron chi connectivity index (χ1n) is 8.79. The van der Waals surface area contributed by atoms with Crippen molar-refractivity contribution in [2.75, 3.05) is 52.7 Å². The quantitative estimate of drug-likeness (QED) is 0.779. The summed E-state index contributed by atoms with van der Waals surface area (Å²) < 4.78 is 17.0. The molecule has 3 aliphatic rings. The Kier molecular flexibility index (Phi) is 5.54. The lowest BCUT2D eigenvalue weighted by Gasteiger charge is -2.40. The lowest BCUT2D eigenvalue weighted by Crippen LogP contribution is -2.43. The van der Waals surface area contributed by atoms with Gasteiger partial charge in [0.05, 0.1) is 19.3 Å². The van der Waals surface area contributed by atoms with Crippen molar-refractivity contribution in [3.8, 4) is 0 Å². The summed E-state index contributed by atoms with van der Waals surface area (Å²) in [6.07, 6.45) is 6.66. The van der Waals surface area contributed by atoms with Gasteiger partial charge in [0.15, 0.2) is 0 Å². The number of likely N-dealkylation sites (tertiary alicyclic amines) is 1. The highest BCUT2D eigenvalue weighted by Gasteiger charge is 2.42. The number of piperidine rings is 1. The van der Waals surface area contributed by atoms with E-state index < -0.39 is 0 Å². The fourth-order valence-electron chi connectivity index (χ4n) is 4.10. The average Bonchev–Trinajstić information content (AvgIpc) is 2.92. The molecule has 3 rings (SSSR count). The zero-order chi connectivity index (χ0) is 14.5. The molecule has 0 aromatic carbocycles. The van der Waals surface area contributed by atoms with E-state index in [9.17, 15) is 0 Å². The molecule has 1 spiro atoms. The number of rotatable bonds is 5. The third-order valence-corrected chi connectivity index (χ3v) is 5.57. The van der Waals surface area contributed by atoms with Gasteiger partial charge in [0.1, 0.15) is 0 Å². The molecule has 0 aliphatic carbocycles. The molecule has 1 atom stereocenters. The molecule has 0 N–H and O–H groups in total. The first kappa shape index (κ1) is 15.7. The van der Waals surface area contributed by atoms with E-state index >= 15 is 0 Å². The van der Waals surface area contributed by atoms with Gasteiger partial charge in [-0.25, -0.2) is 0 Å². The number of nitrogens with zero attached hydrogens (tertiary/aromatic N) is 1. The van der Waals surface area contributed by atoms with E-state index in [1.54, 1.807) is 0 Å². The van der Waals surface area contributed by atoms with Gasteiger partial charge < -0.3 is 19.1 Å². The fourth-order valence-corrected chi connectivity index (χ4v) is 4.10. The summed E-state index contributed by atoms with van der Waals surface area (Å²) in [6, 6.07) is 0. The molecule has 0 radical (unpaired) electrons. The van der Waals surface area contributed by atoms with Gasteiger partial charge in [-0.2, -0.15) is 0 Å².